The van der Waals surface area contributed by atoms with Gasteiger partial charge in [-0.05, 0) is 109 Å². The van der Waals surface area contributed by atoms with Gasteiger partial charge in [0.1, 0.15) is 54.4 Å². The third kappa shape index (κ3) is 21.7. The van der Waals surface area contributed by atoms with E-state index in [1.54, 1.807) is 62.4 Å². The molecule has 0 aliphatic carbocycles. The molecule has 0 spiro atoms. The van der Waals surface area contributed by atoms with Gasteiger partial charge in [0, 0.05) is 18.5 Å². The van der Waals surface area contributed by atoms with Gasteiger partial charge >= 0.3 is 0 Å². The summed E-state index contributed by atoms with van der Waals surface area (Å²) < 4.78 is 0. The van der Waals surface area contributed by atoms with Crippen LogP contribution in [0.5, 0.6) is 0 Å². The summed E-state index contributed by atoms with van der Waals surface area (Å²) in [7, 11) is 0. The van der Waals surface area contributed by atoms with Crippen LogP contribution in [-0.2, 0) is 54.4 Å². The van der Waals surface area contributed by atoms with E-state index in [1.807, 2.05) is 0 Å². The third-order valence-electron chi connectivity index (χ3n) is 13.4. The molecule has 23 N–H and O–H groups in total. The fourth-order valence-corrected chi connectivity index (χ4v) is 8.45. The molecule has 1 saturated heterocycles. The van der Waals surface area contributed by atoms with Crippen LogP contribution in [-0.4, -0.2) is 181 Å². The minimum absolute atomic E-state index is 0.0668. The highest BCUT2D eigenvalue weighted by molar-refractivity contribution is 6.00. The molecule has 82 heavy (non-hydrogen) atoms. The van der Waals surface area contributed by atoms with Crippen molar-refractivity contribution in [2.45, 2.75) is 145 Å². The number of nitrogens with one attached hydrogen (secondary N) is 11. The average Bonchev–Trinajstić information content (AvgIpc) is 3.50. The highest BCUT2D eigenvalue weighted by atomic mass is 16.3. The topological polar surface area (TPSA) is 491 Å². The summed E-state index contributed by atoms with van der Waals surface area (Å²) in [5, 5.41) is 49.4. The van der Waals surface area contributed by atoms with Crippen LogP contribution in [0.15, 0.2) is 60.7 Å². The number of hydrogen-bond acceptors (Lipinski definition) is 18. The van der Waals surface area contributed by atoms with Crippen molar-refractivity contribution in [3.8, 4) is 0 Å². The Hall–Kier alpha value is -7.67. The highest BCUT2D eigenvalue weighted by Gasteiger charge is 2.39. The monoisotopic (exact) mass is 1150 g/mol. The van der Waals surface area contributed by atoms with E-state index in [0.717, 1.165) is 6.92 Å². The van der Waals surface area contributed by atoms with Crippen LogP contribution in [0.2, 0.25) is 0 Å². The van der Waals surface area contributed by atoms with Crippen LogP contribution < -0.4 is 87.2 Å². The smallest absolute Gasteiger partial charge is 0.272 e. The molecule has 0 aromatic heterocycles. The number of aliphatic hydroxyl groups excluding tert-OH is 1. The Morgan fingerprint density at radius 3 is 1.62 bits per heavy atom. The van der Waals surface area contributed by atoms with Crippen LogP contribution >= 0.6 is 0 Å². The molecule has 3 rings (SSSR count). The lowest BCUT2D eigenvalue weighted by molar-refractivity contribution is -0.148. The van der Waals surface area contributed by atoms with Gasteiger partial charge in [-0.2, -0.15) is 0 Å². The first-order valence-electron chi connectivity index (χ1n) is 27.3. The predicted octanol–water partition coefficient (Wildman–Crippen LogP) is -6.58. The lowest BCUT2D eigenvalue weighted by atomic mass is 9.96. The Balaban J connectivity index is 2.08. The quantitative estimate of drug-likeness (QED) is 0.0492. The molecule has 12 atom stereocenters. The SMILES string of the molecule is CC[C@H](C)[C@@H]1NC(=O)[C@@H](Cc2ccccc2)NC(=O)[C@H](CCN)NC(=O)[C@@H](NC(=O)[C@H](CCN)NC(=O)[C@@H](NC(=O)[C@H](CCN)NC(=O)c2ccccc2)[C@@H](C)O)CCNC(=O)[C@](C)(O)NC(=O)[C@H](CCN)NC(=O)[C@H](CCN)NC1=O. The van der Waals surface area contributed by atoms with Gasteiger partial charge in [-0.3, -0.25) is 52.7 Å². The van der Waals surface area contributed by atoms with Crippen LogP contribution in [0.25, 0.3) is 0 Å². The van der Waals surface area contributed by atoms with E-state index < -0.39 is 150 Å². The van der Waals surface area contributed by atoms with Crippen molar-refractivity contribution in [2.24, 2.45) is 34.6 Å². The zero-order valence-electron chi connectivity index (χ0n) is 46.8. The second-order valence-corrected chi connectivity index (χ2v) is 20.0. The average molecular weight is 1150 g/mol. The van der Waals surface area contributed by atoms with Crippen LogP contribution in [0, 0.1) is 5.92 Å². The van der Waals surface area contributed by atoms with Crippen molar-refractivity contribution in [3.05, 3.63) is 71.8 Å². The second-order valence-electron chi connectivity index (χ2n) is 20.0. The third-order valence-corrected chi connectivity index (χ3v) is 13.4. The van der Waals surface area contributed by atoms with Crippen LogP contribution in [0.1, 0.15) is 88.6 Å². The molecule has 1 fully saturated rings. The zero-order valence-corrected chi connectivity index (χ0v) is 46.8. The normalized spacial score (nSPS) is 23.7. The van der Waals surface area contributed by atoms with E-state index in [4.69, 9.17) is 28.7 Å². The summed E-state index contributed by atoms with van der Waals surface area (Å²) in [4.78, 5) is 153. The first-order chi connectivity index (χ1) is 38.9. The van der Waals surface area contributed by atoms with Crippen molar-refractivity contribution in [3.63, 3.8) is 0 Å². The van der Waals surface area contributed by atoms with Crippen molar-refractivity contribution in [2.75, 3.05) is 39.3 Å². The number of carbonyl (C=O) groups is 11. The molecule has 0 radical (unpaired) electrons. The van der Waals surface area contributed by atoms with E-state index in [1.165, 1.54) is 19.1 Å². The predicted molar refractivity (Wildman–Crippen MR) is 299 cm³/mol. The summed E-state index contributed by atoms with van der Waals surface area (Å²) in [5.74, 6) is -11.1. The number of benzene rings is 2. The molecule has 0 bridgehead atoms. The Labute approximate surface area is 476 Å². The van der Waals surface area contributed by atoms with Crippen molar-refractivity contribution < 1.29 is 63.0 Å². The Kier molecular flexibility index (Phi) is 28.9. The molecular formula is C53H84N16O13. The number of carbonyl (C=O) groups excluding carboxylic acids is 11. The van der Waals surface area contributed by atoms with Crippen LogP contribution in [0.4, 0.5) is 0 Å². The van der Waals surface area contributed by atoms with E-state index >= 15 is 0 Å². The highest BCUT2D eigenvalue weighted by Crippen LogP contribution is 2.13. The number of nitrogens with two attached hydrogens (primary N) is 5. The summed E-state index contributed by atoms with van der Waals surface area (Å²) >= 11 is 0. The molecule has 1 heterocycles. The van der Waals surface area contributed by atoms with Gasteiger partial charge < -0.3 is 97.4 Å². The minimum atomic E-state index is -2.71. The summed E-state index contributed by atoms with van der Waals surface area (Å²) in [6.45, 7) is 4.17. The molecule has 2 aromatic carbocycles. The first-order valence-corrected chi connectivity index (χ1v) is 27.3. The standard InChI is InChI=1S/C53H84N16O13/c1-5-29(2)40-50(79)64-34(17-23-55)43(72)62-37(20-26-58)49(78)69-53(4,82)52(81)59-27-21-38(46(75)61-33(16-22-54)45(74)66-39(48(77)67-40)28-31-12-8-6-9-13-31)63-44(73)35(18-24-56)65-51(80)41(30(3)70)68-47(76)36(19-25-57)60-42(71)32-14-10-7-11-15-32/h6-15,29-30,33-41,70,82H,5,16-28,54-58H2,1-4H3,(H,59,81)(H,60,71)(H,61,75)(H,62,72)(H,63,73)(H,64,79)(H,65,80)(H,66,74)(H,67,77)(H,68,76)(H,69,78)/t29-,30+,33-,34-,35-,36-,37-,38-,39+,40-,41-,53-/m0/s1. The van der Waals surface area contributed by atoms with E-state index in [9.17, 15) is 63.0 Å². The van der Waals surface area contributed by atoms with Gasteiger partial charge in [-0.1, -0.05) is 68.8 Å². The summed E-state index contributed by atoms with van der Waals surface area (Å²) in [6.07, 6.45) is -2.87. The fourth-order valence-electron chi connectivity index (χ4n) is 8.45. The molecule has 1 aliphatic heterocycles. The molecule has 29 nitrogen and oxygen atoms in total. The number of amides is 11. The lowest BCUT2D eigenvalue weighted by Gasteiger charge is -2.30. The molecule has 1 aliphatic rings. The minimum Gasteiger partial charge on any atom is -0.391 e. The van der Waals surface area contributed by atoms with Gasteiger partial charge in [0.25, 0.3) is 11.8 Å². The molecule has 2 aromatic rings. The molecule has 454 valence electrons. The summed E-state index contributed by atoms with van der Waals surface area (Å²) in [6, 6.07) is 3.04. The Morgan fingerprint density at radius 2 is 1.10 bits per heavy atom. The number of hydrogen-bond donors (Lipinski definition) is 18. The van der Waals surface area contributed by atoms with Gasteiger partial charge in [0.15, 0.2) is 0 Å². The van der Waals surface area contributed by atoms with Crippen LogP contribution in [0.3, 0.4) is 0 Å². The molecule has 29 heteroatoms. The maximum absolute atomic E-state index is 14.5. The first kappa shape index (κ1) is 68.6. The molecule has 0 unspecified atom stereocenters. The van der Waals surface area contributed by atoms with Gasteiger partial charge in [0.05, 0.1) is 6.10 Å². The fraction of sp³-hybridized carbons (Fsp3) is 0.566. The molecular weight excluding hydrogens is 1070 g/mol. The molecule has 11 amide bonds. The Morgan fingerprint density at radius 1 is 0.610 bits per heavy atom. The maximum Gasteiger partial charge on any atom is 0.272 e. The Bertz CT molecular complexity index is 2470. The zero-order chi connectivity index (χ0) is 61.1. The number of aliphatic hydroxyl groups is 2. The van der Waals surface area contributed by atoms with E-state index in [0.29, 0.717) is 12.0 Å². The largest absolute Gasteiger partial charge is 0.391 e. The van der Waals surface area contributed by atoms with Gasteiger partial charge in [0.2, 0.25) is 58.9 Å². The van der Waals surface area contributed by atoms with E-state index in [-0.39, 0.29) is 76.8 Å². The van der Waals surface area contributed by atoms with Crippen molar-refractivity contribution in [1.29, 1.82) is 0 Å². The van der Waals surface area contributed by atoms with Gasteiger partial charge in [-0.25, -0.2) is 0 Å². The van der Waals surface area contributed by atoms with E-state index in [2.05, 4.69) is 58.5 Å². The summed E-state index contributed by atoms with van der Waals surface area (Å²) in [5.41, 5.74) is 27.3. The van der Waals surface area contributed by atoms with Crippen molar-refractivity contribution in [1.82, 2.24) is 58.5 Å². The number of rotatable bonds is 23. The van der Waals surface area contributed by atoms with Gasteiger partial charge in [-0.15, -0.1) is 0 Å². The lowest BCUT2D eigenvalue weighted by Crippen LogP contribution is -2.63. The van der Waals surface area contributed by atoms with Crippen molar-refractivity contribution >= 4 is 65.0 Å². The second kappa shape index (κ2) is 34.6. The maximum atomic E-state index is 14.5. The molecule has 0 saturated carbocycles.